The Labute approximate surface area is 205 Å². The van der Waals surface area contributed by atoms with Crippen molar-refractivity contribution in [2.24, 2.45) is 0 Å². The molecule has 2 unspecified atom stereocenters. The van der Waals surface area contributed by atoms with E-state index in [1.165, 1.54) is 31.0 Å². The number of hydrogen-bond acceptors (Lipinski definition) is 6. The van der Waals surface area contributed by atoms with Gasteiger partial charge in [-0.25, -0.2) is 0 Å². The number of nitrogens with zero attached hydrogens (tertiary/aromatic N) is 3. The Hall–Kier alpha value is -1.77. The molecule has 2 fully saturated rings. The highest BCUT2D eigenvalue weighted by atomic mass is 35.5. The quantitative estimate of drug-likeness (QED) is 0.490. The molecule has 180 valence electrons. The predicted octanol–water partition coefficient (Wildman–Crippen LogP) is 5.10. The van der Waals surface area contributed by atoms with Crippen LogP contribution in [0.4, 0.5) is 0 Å². The van der Waals surface area contributed by atoms with Crippen LogP contribution in [0, 0.1) is 6.92 Å². The van der Waals surface area contributed by atoms with Gasteiger partial charge in [0.2, 0.25) is 5.91 Å². The molecule has 2 heterocycles. The lowest BCUT2D eigenvalue weighted by Gasteiger charge is -2.25. The molecule has 9 heteroatoms. The van der Waals surface area contributed by atoms with Crippen LogP contribution in [0.25, 0.3) is 0 Å². The summed E-state index contributed by atoms with van der Waals surface area (Å²) in [4.78, 5) is 12.6. The SMILES string of the molecule is Cc1cc(Cl)ccc1OCc1nnc(SCC(=O)NC(C)C2CCCO2)n1C1CCCCC1. The molecule has 1 aromatic carbocycles. The average Bonchev–Trinajstić information content (AvgIpc) is 3.48. The number of carbonyl (C=O) groups excluding carboxylic acids is 1. The first-order valence-corrected chi connectivity index (χ1v) is 13.2. The molecule has 7 nitrogen and oxygen atoms in total. The van der Waals surface area contributed by atoms with Crippen molar-refractivity contribution in [3.05, 3.63) is 34.6 Å². The normalized spacial score (nSPS) is 20.0. The number of rotatable bonds is 9. The van der Waals surface area contributed by atoms with Crippen LogP contribution < -0.4 is 10.1 Å². The lowest BCUT2D eigenvalue weighted by molar-refractivity contribution is -0.120. The largest absolute Gasteiger partial charge is 0.485 e. The van der Waals surface area contributed by atoms with Crippen LogP contribution in [-0.4, -0.2) is 45.2 Å². The molecule has 1 saturated carbocycles. The number of hydrogen-bond donors (Lipinski definition) is 1. The van der Waals surface area contributed by atoms with E-state index in [1.807, 2.05) is 32.0 Å². The highest BCUT2D eigenvalue weighted by Crippen LogP contribution is 2.33. The number of ether oxygens (including phenoxy) is 2. The van der Waals surface area contributed by atoms with Gasteiger partial charge in [-0.2, -0.15) is 0 Å². The second-order valence-electron chi connectivity index (χ2n) is 8.96. The van der Waals surface area contributed by atoms with E-state index < -0.39 is 0 Å². The number of amides is 1. The average molecular weight is 493 g/mol. The molecular formula is C24H33ClN4O3S. The topological polar surface area (TPSA) is 78.3 Å². The maximum absolute atomic E-state index is 12.6. The van der Waals surface area contributed by atoms with E-state index in [-0.39, 0.29) is 18.1 Å². The lowest BCUT2D eigenvalue weighted by atomic mass is 9.95. The Morgan fingerprint density at radius 1 is 1.27 bits per heavy atom. The van der Waals surface area contributed by atoms with Crippen molar-refractivity contribution >= 4 is 29.3 Å². The maximum Gasteiger partial charge on any atom is 0.230 e. The van der Waals surface area contributed by atoms with Gasteiger partial charge in [-0.15, -0.1) is 10.2 Å². The van der Waals surface area contributed by atoms with E-state index in [0.717, 1.165) is 54.6 Å². The maximum atomic E-state index is 12.6. The van der Waals surface area contributed by atoms with Gasteiger partial charge in [0.1, 0.15) is 12.4 Å². The first kappa shape index (κ1) is 24.4. The van der Waals surface area contributed by atoms with Crippen molar-refractivity contribution < 1.29 is 14.3 Å². The van der Waals surface area contributed by atoms with Crippen molar-refractivity contribution in [2.75, 3.05) is 12.4 Å². The van der Waals surface area contributed by atoms with E-state index in [9.17, 15) is 4.79 Å². The van der Waals surface area contributed by atoms with Crippen LogP contribution in [0.3, 0.4) is 0 Å². The van der Waals surface area contributed by atoms with Gasteiger partial charge in [0, 0.05) is 17.7 Å². The van der Waals surface area contributed by atoms with Gasteiger partial charge in [-0.05, 0) is 63.3 Å². The fourth-order valence-electron chi connectivity index (χ4n) is 4.64. The summed E-state index contributed by atoms with van der Waals surface area (Å²) in [7, 11) is 0. The van der Waals surface area contributed by atoms with Crippen LogP contribution in [0.1, 0.15) is 69.3 Å². The first-order chi connectivity index (χ1) is 16.0. The number of thioether (sulfide) groups is 1. The van der Waals surface area contributed by atoms with Crippen molar-refractivity contribution in [2.45, 2.75) is 88.7 Å². The summed E-state index contributed by atoms with van der Waals surface area (Å²) in [5.74, 6) is 1.89. The molecule has 4 rings (SSSR count). The summed E-state index contributed by atoms with van der Waals surface area (Å²) >= 11 is 7.51. The van der Waals surface area contributed by atoms with E-state index in [0.29, 0.717) is 23.4 Å². The number of aryl methyl sites for hydroxylation is 1. The fourth-order valence-corrected chi connectivity index (χ4v) is 5.71. The Balaban J connectivity index is 1.42. The molecule has 0 bridgehead atoms. The van der Waals surface area contributed by atoms with E-state index in [4.69, 9.17) is 21.1 Å². The molecule has 2 aliphatic rings. The first-order valence-electron chi connectivity index (χ1n) is 11.9. The van der Waals surface area contributed by atoms with Crippen LogP contribution >= 0.6 is 23.4 Å². The smallest absolute Gasteiger partial charge is 0.230 e. The standard InChI is InChI=1S/C24H33ClN4O3S/c1-16-13-18(25)10-11-20(16)32-14-22-27-28-24(29(22)19-7-4-3-5-8-19)33-15-23(30)26-17(2)21-9-6-12-31-21/h10-11,13,17,19,21H,3-9,12,14-15H2,1-2H3,(H,26,30). The van der Waals surface area contributed by atoms with Gasteiger partial charge in [-0.1, -0.05) is 42.6 Å². The Morgan fingerprint density at radius 2 is 2.09 bits per heavy atom. The predicted molar refractivity (Wildman–Crippen MR) is 130 cm³/mol. The molecule has 1 amide bonds. The number of aromatic nitrogens is 3. The molecule has 1 aliphatic carbocycles. The van der Waals surface area contributed by atoms with Crippen LogP contribution in [0.2, 0.25) is 5.02 Å². The molecule has 33 heavy (non-hydrogen) atoms. The molecule has 1 aromatic heterocycles. The zero-order chi connectivity index (χ0) is 23.2. The highest BCUT2D eigenvalue weighted by molar-refractivity contribution is 7.99. The number of halogens is 1. The molecule has 0 radical (unpaired) electrons. The minimum Gasteiger partial charge on any atom is -0.485 e. The van der Waals surface area contributed by atoms with Gasteiger partial charge < -0.3 is 14.8 Å². The van der Waals surface area contributed by atoms with E-state index in [1.54, 1.807) is 0 Å². The molecule has 1 saturated heterocycles. The van der Waals surface area contributed by atoms with Crippen LogP contribution in [0.5, 0.6) is 5.75 Å². The Morgan fingerprint density at radius 3 is 2.82 bits per heavy atom. The molecule has 1 N–H and O–H groups in total. The second-order valence-corrected chi connectivity index (χ2v) is 10.3. The summed E-state index contributed by atoms with van der Waals surface area (Å²) in [6.07, 6.45) is 8.03. The minimum absolute atomic E-state index is 0.00390. The third kappa shape index (κ3) is 6.43. The third-order valence-electron chi connectivity index (χ3n) is 6.41. The Kier molecular flexibility index (Phi) is 8.55. The third-order valence-corrected chi connectivity index (χ3v) is 7.59. The summed E-state index contributed by atoms with van der Waals surface area (Å²) in [5, 5.41) is 13.4. The molecule has 0 spiro atoms. The summed E-state index contributed by atoms with van der Waals surface area (Å²) in [6.45, 7) is 5.10. The minimum atomic E-state index is -0.00390. The van der Waals surface area contributed by atoms with Crippen molar-refractivity contribution in [3.63, 3.8) is 0 Å². The summed E-state index contributed by atoms with van der Waals surface area (Å²) in [6, 6.07) is 5.96. The molecule has 2 aromatic rings. The van der Waals surface area contributed by atoms with Crippen molar-refractivity contribution in [3.8, 4) is 5.75 Å². The lowest BCUT2D eigenvalue weighted by Crippen LogP contribution is -2.41. The van der Waals surface area contributed by atoms with Crippen LogP contribution in [-0.2, 0) is 16.1 Å². The summed E-state index contributed by atoms with van der Waals surface area (Å²) < 4.78 is 14.0. The molecule has 1 aliphatic heterocycles. The molecular weight excluding hydrogens is 460 g/mol. The second kappa shape index (κ2) is 11.6. The zero-order valence-corrected chi connectivity index (χ0v) is 21.0. The van der Waals surface area contributed by atoms with Crippen molar-refractivity contribution in [1.82, 2.24) is 20.1 Å². The van der Waals surface area contributed by atoms with E-state index >= 15 is 0 Å². The zero-order valence-electron chi connectivity index (χ0n) is 19.4. The van der Waals surface area contributed by atoms with Gasteiger partial charge >= 0.3 is 0 Å². The van der Waals surface area contributed by atoms with Crippen molar-refractivity contribution in [1.29, 1.82) is 0 Å². The number of nitrogens with one attached hydrogen (secondary N) is 1. The van der Waals surface area contributed by atoms with Gasteiger partial charge in [0.15, 0.2) is 11.0 Å². The monoisotopic (exact) mass is 492 g/mol. The number of benzene rings is 1. The van der Waals surface area contributed by atoms with Crippen LogP contribution in [0.15, 0.2) is 23.4 Å². The van der Waals surface area contributed by atoms with E-state index in [2.05, 4.69) is 20.1 Å². The van der Waals surface area contributed by atoms with Gasteiger partial charge in [0.05, 0.1) is 17.9 Å². The number of carbonyl (C=O) groups is 1. The Bertz CT molecular complexity index is 942. The fraction of sp³-hybridized carbons (Fsp3) is 0.625. The van der Waals surface area contributed by atoms with Gasteiger partial charge in [0.25, 0.3) is 0 Å². The summed E-state index contributed by atoms with van der Waals surface area (Å²) in [5.41, 5.74) is 0.984. The molecule has 2 atom stereocenters. The van der Waals surface area contributed by atoms with Gasteiger partial charge in [-0.3, -0.25) is 9.36 Å². The highest BCUT2D eigenvalue weighted by Gasteiger charge is 2.26.